The number of aryl methyl sites for hydroxylation is 1. The molecular formula is C13H22N2O2. The maximum Gasteiger partial charge on any atom is 0.122 e. The van der Waals surface area contributed by atoms with Crippen molar-refractivity contribution in [3.63, 3.8) is 0 Å². The Morgan fingerprint density at radius 2 is 2.35 bits per heavy atom. The van der Waals surface area contributed by atoms with Crippen molar-refractivity contribution in [2.45, 2.75) is 44.8 Å². The van der Waals surface area contributed by atoms with Gasteiger partial charge in [-0.05, 0) is 45.4 Å². The van der Waals surface area contributed by atoms with Crippen LogP contribution < -0.4 is 5.73 Å². The van der Waals surface area contributed by atoms with E-state index >= 15 is 0 Å². The third-order valence-corrected chi connectivity index (χ3v) is 3.54. The van der Waals surface area contributed by atoms with E-state index in [2.05, 4.69) is 4.90 Å². The highest BCUT2D eigenvalue weighted by Crippen LogP contribution is 2.32. The minimum absolute atomic E-state index is 0.00676. The summed E-state index contributed by atoms with van der Waals surface area (Å²) in [5.41, 5.74) is 6.09. The number of aliphatic hydroxyl groups is 1. The van der Waals surface area contributed by atoms with E-state index in [4.69, 9.17) is 10.2 Å². The normalized spacial score (nSPS) is 25.1. The molecule has 0 radical (unpaired) electrons. The van der Waals surface area contributed by atoms with Gasteiger partial charge in [0, 0.05) is 12.1 Å². The number of likely N-dealkylation sites (tertiary alicyclic amines) is 1. The maximum absolute atomic E-state index is 9.41. The lowest BCUT2D eigenvalue weighted by atomic mass is 10.1. The van der Waals surface area contributed by atoms with Gasteiger partial charge in [-0.3, -0.25) is 4.90 Å². The molecule has 4 heteroatoms. The molecule has 1 aromatic rings. The maximum atomic E-state index is 9.41. The van der Waals surface area contributed by atoms with Crippen LogP contribution in [0.15, 0.2) is 16.5 Å². The van der Waals surface area contributed by atoms with Crippen LogP contribution in [0.5, 0.6) is 0 Å². The molecule has 1 aliphatic heterocycles. The Kier molecular flexibility index (Phi) is 3.86. The van der Waals surface area contributed by atoms with E-state index in [1.807, 2.05) is 26.0 Å². The van der Waals surface area contributed by atoms with Gasteiger partial charge in [0.2, 0.25) is 0 Å². The number of hydrogen-bond acceptors (Lipinski definition) is 4. The largest absolute Gasteiger partial charge is 0.465 e. The summed E-state index contributed by atoms with van der Waals surface area (Å²) in [6.45, 7) is 5.12. The van der Waals surface area contributed by atoms with Gasteiger partial charge in [0.25, 0.3) is 0 Å². The molecule has 0 saturated carbocycles. The van der Waals surface area contributed by atoms with E-state index in [0.29, 0.717) is 0 Å². The minimum Gasteiger partial charge on any atom is -0.465 e. The fraction of sp³-hybridized carbons (Fsp3) is 0.692. The fourth-order valence-electron chi connectivity index (χ4n) is 2.76. The lowest BCUT2D eigenvalue weighted by Gasteiger charge is -2.33. The van der Waals surface area contributed by atoms with Crippen LogP contribution >= 0.6 is 0 Å². The molecule has 1 fully saturated rings. The zero-order valence-electron chi connectivity index (χ0n) is 10.6. The standard InChI is InChI=1S/C13H22N2O2/c1-9-5-6-12(17-9)13(10(2)14)15-7-3-4-11(15)8-16/h5-6,10-11,13,16H,3-4,7-8,14H2,1-2H3. The summed E-state index contributed by atoms with van der Waals surface area (Å²) in [4.78, 5) is 2.28. The van der Waals surface area contributed by atoms with Gasteiger partial charge >= 0.3 is 0 Å². The average Bonchev–Trinajstić information content (AvgIpc) is 2.88. The van der Waals surface area contributed by atoms with Gasteiger partial charge in [-0.15, -0.1) is 0 Å². The van der Waals surface area contributed by atoms with Crippen molar-refractivity contribution in [3.8, 4) is 0 Å². The SMILES string of the molecule is Cc1ccc(C(C(C)N)N2CCCC2CO)o1. The van der Waals surface area contributed by atoms with Crippen molar-refractivity contribution in [2.24, 2.45) is 5.73 Å². The van der Waals surface area contributed by atoms with E-state index in [9.17, 15) is 5.11 Å². The summed E-state index contributed by atoms with van der Waals surface area (Å²) in [7, 11) is 0. The second kappa shape index (κ2) is 5.21. The van der Waals surface area contributed by atoms with Crippen molar-refractivity contribution >= 4 is 0 Å². The molecule has 4 nitrogen and oxygen atoms in total. The van der Waals surface area contributed by atoms with Crippen LogP contribution in [0.1, 0.15) is 37.3 Å². The van der Waals surface area contributed by atoms with Gasteiger partial charge in [-0.2, -0.15) is 0 Å². The van der Waals surface area contributed by atoms with Crippen molar-refractivity contribution in [3.05, 3.63) is 23.7 Å². The highest BCUT2D eigenvalue weighted by atomic mass is 16.3. The van der Waals surface area contributed by atoms with Crippen molar-refractivity contribution in [2.75, 3.05) is 13.2 Å². The Morgan fingerprint density at radius 3 is 2.88 bits per heavy atom. The number of furan rings is 1. The summed E-state index contributed by atoms with van der Waals surface area (Å²) in [5.74, 6) is 1.82. The summed E-state index contributed by atoms with van der Waals surface area (Å²) in [6.07, 6.45) is 2.16. The van der Waals surface area contributed by atoms with Gasteiger partial charge in [0.15, 0.2) is 0 Å². The highest BCUT2D eigenvalue weighted by Gasteiger charge is 2.34. The Morgan fingerprint density at radius 1 is 1.59 bits per heavy atom. The molecule has 0 amide bonds. The first-order valence-electron chi connectivity index (χ1n) is 6.32. The molecule has 3 unspecified atom stereocenters. The number of nitrogens with zero attached hydrogens (tertiary/aromatic N) is 1. The Hall–Kier alpha value is -0.840. The van der Waals surface area contributed by atoms with E-state index in [-0.39, 0.29) is 24.7 Å². The quantitative estimate of drug-likeness (QED) is 0.833. The molecule has 0 bridgehead atoms. The molecule has 1 aromatic heterocycles. The third-order valence-electron chi connectivity index (χ3n) is 3.54. The van der Waals surface area contributed by atoms with E-state index in [1.165, 1.54) is 0 Å². The summed E-state index contributed by atoms with van der Waals surface area (Å²) >= 11 is 0. The van der Waals surface area contributed by atoms with E-state index in [1.54, 1.807) is 0 Å². The van der Waals surface area contributed by atoms with Crippen LogP contribution in [0.4, 0.5) is 0 Å². The van der Waals surface area contributed by atoms with Gasteiger partial charge in [-0.25, -0.2) is 0 Å². The predicted octanol–water partition coefficient (Wildman–Crippen LogP) is 1.43. The minimum atomic E-state index is -0.00676. The summed E-state index contributed by atoms with van der Waals surface area (Å²) < 4.78 is 5.71. The second-order valence-electron chi connectivity index (χ2n) is 4.97. The molecule has 1 aliphatic rings. The van der Waals surface area contributed by atoms with Crippen LogP contribution in [0.3, 0.4) is 0 Å². The number of hydrogen-bond donors (Lipinski definition) is 2. The first-order chi connectivity index (χ1) is 8.13. The fourth-order valence-corrected chi connectivity index (χ4v) is 2.76. The summed E-state index contributed by atoms with van der Waals surface area (Å²) in [6, 6.07) is 4.25. The molecule has 3 atom stereocenters. The number of aliphatic hydroxyl groups excluding tert-OH is 1. The predicted molar refractivity (Wildman–Crippen MR) is 66.6 cm³/mol. The number of nitrogens with two attached hydrogens (primary N) is 1. The van der Waals surface area contributed by atoms with Crippen LogP contribution in [0.2, 0.25) is 0 Å². The van der Waals surface area contributed by atoms with Crippen molar-refractivity contribution < 1.29 is 9.52 Å². The Labute approximate surface area is 102 Å². The molecule has 3 N–H and O–H groups in total. The molecule has 1 saturated heterocycles. The molecule has 96 valence electrons. The molecule has 0 aliphatic carbocycles. The molecule has 0 aromatic carbocycles. The monoisotopic (exact) mass is 238 g/mol. The van der Waals surface area contributed by atoms with Crippen LogP contribution in [-0.4, -0.2) is 35.2 Å². The topological polar surface area (TPSA) is 62.6 Å². The first kappa shape index (κ1) is 12.6. The zero-order chi connectivity index (χ0) is 12.4. The van der Waals surface area contributed by atoms with Crippen LogP contribution in [0.25, 0.3) is 0 Å². The first-order valence-corrected chi connectivity index (χ1v) is 6.32. The Bertz CT molecular complexity index is 362. The highest BCUT2D eigenvalue weighted by molar-refractivity contribution is 5.12. The smallest absolute Gasteiger partial charge is 0.122 e. The summed E-state index contributed by atoms with van der Waals surface area (Å²) in [5, 5.41) is 9.41. The van der Waals surface area contributed by atoms with Crippen molar-refractivity contribution in [1.29, 1.82) is 0 Å². The van der Waals surface area contributed by atoms with E-state index in [0.717, 1.165) is 30.9 Å². The lowest BCUT2D eigenvalue weighted by Crippen LogP contribution is -2.43. The van der Waals surface area contributed by atoms with Gasteiger partial charge in [0.05, 0.1) is 12.6 Å². The number of rotatable bonds is 4. The van der Waals surface area contributed by atoms with Crippen LogP contribution in [0, 0.1) is 6.92 Å². The molecular weight excluding hydrogens is 216 g/mol. The average molecular weight is 238 g/mol. The molecule has 2 heterocycles. The third kappa shape index (κ3) is 2.54. The lowest BCUT2D eigenvalue weighted by molar-refractivity contribution is 0.0957. The Balaban J connectivity index is 2.23. The molecule has 0 spiro atoms. The second-order valence-corrected chi connectivity index (χ2v) is 4.97. The van der Waals surface area contributed by atoms with E-state index < -0.39 is 0 Å². The van der Waals surface area contributed by atoms with Gasteiger partial charge in [-0.1, -0.05) is 0 Å². The van der Waals surface area contributed by atoms with Crippen LogP contribution in [-0.2, 0) is 0 Å². The van der Waals surface area contributed by atoms with Gasteiger partial charge in [0.1, 0.15) is 11.5 Å². The van der Waals surface area contributed by atoms with Gasteiger partial charge < -0.3 is 15.3 Å². The van der Waals surface area contributed by atoms with Crippen molar-refractivity contribution in [1.82, 2.24) is 4.90 Å². The molecule has 17 heavy (non-hydrogen) atoms. The zero-order valence-corrected chi connectivity index (χ0v) is 10.6. The molecule has 2 rings (SSSR count).